The van der Waals surface area contributed by atoms with E-state index in [1.165, 1.54) is 0 Å². The number of rotatable bonds is 12. The molecule has 4 atom stereocenters. The van der Waals surface area contributed by atoms with Gasteiger partial charge in [-0.3, -0.25) is 14.4 Å². The second-order valence-electron chi connectivity index (χ2n) is 17.3. The molecule has 7 amide bonds. The molecule has 67 heavy (non-hydrogen) atoms. The van der Waals surface area contributed by atoms with Gasteiger partial charge in [-0.1, -0.05) is 109 Å². The lowest BCUT2D eigenvalue weighted by molar-refractivity contribution is -0.140. The molecule has 9 rings (SSSR count). The Bertz CT molecular complexity index is 2490. The largest absolute Gasteiger partial charge is 0.378 e. The van der Waals surface area contributed by atoms with E-state index in [9.17, 15) is 24.0 Å². The minimum Gasteiger partial charge on any atom is -0.378 e. The van der Waals surface area contributed by atoms with Crippen LogP contribution >= 0.6 is 0 Å². The number of likely N-dealkylation sites (tertiary alicyclic amines) is 2. The van der Waals surface area contributed by atoms with E-state index in [4.69, 9.17) is 14.5 Å². The van der Waals surface area contributed by atoms with Crippen molar-refractivity contribution in [3.05, 3.63) is 138 Å². The Morgan fingerprint density at radius 1 is 0.597 bits per heavy atom. The first-order valence-corrected chi connectivity index (χ1v) is 23.3. The summed E-state index contributed by atoms with van der Waals surface area (Å²) in [4.78, 5) is 83.5. The SMILES string of the molecule is O=C(NCc1ccc(-c2ccc(-c3cnc(C4CCCN4C(=O)C(NC(=O)N4CCOCC4)c4ccccc4)[nH]3)cc2)cc1)C1CCCN1C(=O)C(NC(=O)N1CCOCC1)c1ccccc1. The van der Waals surface area contributed by atoms with E-state index in [1.54, 1.807) is 20.9 Å². The third kappa shape index (κ3) is 10.5. The molecular formula is C51H57N9O7. The van der Waals surface area contributed by atoms with Gasteiger partial charge in [0.2, 0.25) is 11.8 Å². The van der Waals surface area contributed by atoms with Crippen LogP contribution in [0.4, 0.5) is 9.59 Å². The lowest BCUT2D eigenvalue weighted by Gasteiger charge is -2.32. The van der Waals surface area contributed by atoms with E-state index in [0.717, 1.165) is 46.4 Å². The van der Waals surface area contributed by atoms with Crippen LogP contribution in [0.2, 0.25) is 0 Å². The van der Waals surface area contributed by atoms with Gasteiger partial charge in [0.15, 0.2) is 0 Å². The van der Waals surface area contributed by atoms with Crippen LogP contribution < -0.4 is 16.0 Å². The van der Waals surface area contributed by atoms with E-state index in [1.807, 2.05) is 102 Å². The maximum absolute atomic E-state index is 14.3. The van der Waals surface area contributed by atoms with Crippen LogP contribution in [-0.4, -0.2) is 131 Å². The number of aromatic amines is 1. The molecule has 5 aromatic rings. The van der Waals surface area contributed by atoms with Crippen molar-refractivity contribution in [2.45, 2.75) is 56.4 Å². The predicted molar refractivity (Wildman–Crippen MR) is 250 cm³/mol. The summed E-state index contributed by atoms with van der Waals surface area (Å²) in [6, 6.07) is 31.4. The van der Waals surface area contributed by atoms with Crippen molar-refractivity contribution in [2.24, 2.45) is 0 Å². The Balaban J connectivity index is 0.804. The summed E-state index contributed by atoms with van der Waals surface area (Å²) >= 11 is 0. The molecule has 5 heterocycles. The van der Waals surface area contributed by atoms with Crippen molar-refractivity contribution in [3.8, 4) is 22.4 Å². The highest BCUT2D eigenvalue weighted by Gasteiger charge is 2.40. The first kappa shape index (κ1) is 45.1. The number of amides is 7. The number of nitrogens with one attached hydrogen (secondary N) is 4. The molecule has 0 spiro atoms. The van der Waals surface area contributed by atoms with E-state index in [-0.39, 0.29) is 35.8 Å². The average molecular weight is 908 g/mol. The van der Waals surface area contributed by atoms with Crippen molar-refractivity contribution in [1.29, 1.82) is 0 Å². The minimum atomic E-state index is -0.925. The van der Waals surface area contributed by atoms with Crippen LogP contribution in [0.1, 0.15) is 66.3 Å². The van der Waals surface area contributed by atoms with Gasteiger partial charge >= 0.3 is 12.1 Å². The van der Waals surface area contributed by atoms with Gasteiger partial charge in [-0.05, 0) is 59.1 Å². The summed E-state index contributed by atoms with van der Waals surface area (Å²) in [6.07, 6.45) is 4.60. The summed E-state index contributed by atoms with van der Waals surface area (Å²) in [6.45, 7) is 4.96. The van der Waals surface area contributed by atoms with Crippen molar-refractivity contribution in [2.75, 3.05) is 65.7 Å². The lowest BCUT2D eigenvalue weighted by Crippen LogP contribution is -2.53. The summed E-state index contributed by atoms with van der Waals surface area (Å²) in [5, 5.41) is 9.01. The summed E-state index contributed by atoms with van der Waals surface area (Å²) < 4.78 is 10.8. The van der Waals surface area contributed by atoms with Crippen LogP contribution in [0.5, 0.6) is 0 Å². The average Bonchev–Trinajstić information content (AvgIpc) is 4.20. The fourth-order valence-corrected chi connectivity index (χ4v) is 9.40. The predicted octanol–water partition coefficient (Wildman–Crippen LogP) is 5.58. The van der Waals surface area contributed by atoms with Gasteiger partial charge in [-0.15, -0.1) is 0 Å². The second-order valence-corrected chi connectivity index (χ2v) is 17.3. The number of carbonyl (C=O) groups excluding carboxylic acids is 5. The quantitative estimate of drug-likeness (QED) is 0.125. The zero-order valence-electron chi connectivity index (χ0n) is 37.5. The van der Waals surface area contributed by atoms with E-state index in [0.29, 0.717) is 96.5 Å². The standard InChI is InChI=1S/C51H57N9O7/c61-47(43-14-8-24-60(43)49(63)45(40-11-5-2-6-12-40)56-51(65)58-27-31-67-32-28-58)53-33-35-15-17-36(18-16-35)37-19-21-38(22-20-37)41-34-52-46(54-41)42-13-7-23-59(42)48(62)44(39-9-3-1-4-10-39)55-50(64)57-25-29-66-30-26-57/h1-6,9-12,15-22,34,42-45H,7-8,13-14,23-33H2,(H,52,54)(H,53,61)(H,55,64)(H,56,65). The molecule has 4 N–H and O–H groups in total. The third-order valence-corrected chi connectivity index (χ3v) is 13.1. The van der Waals surface area contributed by atoms with Crippen LogP contribution in [0, 0.1) is 0 Å². The summed E-state index contributed by atoms with van der Waals surface area (Å²) in [5.41, 5.74) is 6.13. The topological polar surface area (TPSA) is 182 Å². The number of hydrogen-bond acceptors (Lipinski definition) is 8. The number of imidazole rings is 1. The Morgan fingerprint density at radius 3 is 1.66 bits per heavy atom. The molecule has 16 heteroatoms. The molecule has 0 radical (unpaired) electrons. The highest BCUT2D eigenvalue weighted by Crippen LogP contribution is 2.35. The molecule has 0 saturated carbocycles. The van der Waals surface area contributed by atoms with Crippen LogP contribution in [-0.2, 0) is 30.4 Å². The molecule has 4 saturated heterocycles. The Morgan fingerprint density at radius 2 is 1.09 bits per heavy atom. The number of nitrogens with zero attached hydrogens (tertiary/aromatic N) is 5. The van der Waals surface area contributed by atoms with E-state index in [2.05, 4.69) is 33.1 Å². The smallest absolute Gasteiger partial charge is 0.318 e. The maximum atomic E-state index is 14.3. The van der Waals surface area contributed by atoms with Crippen LogP contribution in [0.25, 0.3) is 22.4 Å². The number of carbonyl (C=O) groups is 5. The zero-order chi connectivity index (χ0) is 46.1. The molecule has 0 aliphatic carbocycles. The molecule has 4 unspecified atom stereocenters. The minimum absolute atomic E-state index is 0.168. The normalized spacial score (nSPS) is 19.4. The first-order valence-electron chi connectivity index (χ1n) is 23.3. The molecule has 4 fully saturated rings. The molecule has 4 aliphatic rings. The highest BCUT2D eigenvalue weighted by atomic mass is 16.5. The third-order valence-electron chi connectivity index (χ3n) is 13.1. The van der Waals surface area contributed by atoms with Crippen LogP contribution in [0.15, 0.2) is 115 Å². The highest BCUT2D eigenvalue weighted by molar-refractivity contribution is 5.93. The van der Waals surface area contributed by atoms with Gasteiger partial charge in [0.05, 0.1) is 44.4 Å². The van der Waals surface area contributed by atoms with Crippen molar-refractivity contribution < 1.29 is 33.4 Å². The van der Waals surface area contributed by atoms with Gasteiger partial charge < -0.3 is 50.0 Å². The lowest BCUT2D eigenvalue weighted by atomic mass is 10.0. The van der Waals surface area contributed by atoms with Gasteiger partial charge in [-0.2, -0.15) is 0 Å². The fourth-order valence-electron chi connectivity index (χ4n) is 9.40. The number of H-pyrrole nitrogens is 1. The van der Waals surface area contributed by atoms with Gasteiger partial charge in [-0.25, -0.2) is 14.6 Å². The Hall–Kier alpha value is -7.04. The summed E-state index contributed by atoms with van der Waals surface area (Å²) in [5.74, 6) is 0.00584. The molecule has 4 aromatic carbocycles. The van der Waals surface area contributed by atoms with Gasteiger partial charge in [0.25, 0.3) is 5.91 Å². The first-order chi connectivity index (χ1) is 32.8. The number of urea groups is 2. The molecule has 4 aliphatic heterocycles. The number of morpholine rings is 2. The number of benzene rings is 4. The molecule has 348 valence electrons. The molecule has 0 bridgehead atoms. The van der Waals surface area contributed by atoms with E-state index < -0.39 is 18.1 Å². The van der Waals surface area contributed by atoms with Crippen molar-refractivity contribution >= 4 is 29.8 Å². The number of aromatic nitrogens is 2. The maximum Gasteiger partial charge on any atom is 0.318 e. The van der Waals surface area contributed by atoms with Crippen LogP contribution in [0.3, 0.4) is 0 Å². The Kier molecular flexibility index (Phi) is 14.2. The molecular weight excluding hydrogens is 851 g/mol. The monoisotopic (exact) mass is 907 g/mol. The molecule has 1 aromatic heterocycles. The Labute approximate surface area is 390 Å². The van der Waals surface area contributed by atoms with Gasteiger partial charge in [0, 0.05) is 45.8 Å². The van der Waals surface area contributed by atoms with Crippen molar-refractivity contribution in [3.63, 3.8) is 0 Å². The zero-order valence-corrected chi connectivity index (χ0v) is 37.5. The van der Waals surface area contributed by atoms with E-state index >= 15 is 0 Å². The van der Waals surface area contributed by atoms with Crippen molar-refractivity contribution in [1.82, 2.24) is 45.5 Å². The summed E-state index contributed by atoms with van der Waals surface area (Å²) in [7, 11) is 0. The van der Waals surface area contributed by atoms with Gasteiger partial charge in [0.1, 0.15) is 23.9 Å². The fraction of sp³-hybridized carbons (Fsp3) is 0.373. The second kappa shape index (κ2) is 21.1. The number of ether oxygens (including phenoxy) is 2. The number of hydrogen-bond donors (Lipinski definition) is 4. The molecule has 16 nitrogen and oxygen atoms in total.